The van der Waals surface area contributed by atoms with E-state index >= 15 is 0 Å². The van der Waals surface area contributed by atoms with E-state index in [-0.39, 0.29) is 4.90 Å². The molecule has 8 heteroatoms. The number of carbonyl (C=O) groups excluding carboxylic acids is 1. The molecule has 2 aliphatic heterocycles. The number of sulfonamides is 1. The Morgan fingerprint density at radius 2 is 1.92 bits per heavy atom. The zero-order chi connectivity index (χ0) is 18.6. The van der Waals surface area contributed by atoms with Crippen molar-refractivity contribution >= 4 is 16.0 Å². The maximum atomic E-state index is 12.4. The molecule has 2 saturated heterocycles. The molecule has 7 nitrogen and oxygen atoms in total. The van der Waals surface area contributed by atoms with Crippen molar-refractivity contribution in [1.82, 2.24) is 9.62 Å². The van der Waals surface area contributed by atoms with E-state index in [1.54, 1.807) is 0 Å². The van der Waals surface area contributed by atoms with Crippen molar-refractivity contribution in [3.8, 4) is 0 Å². The van der Waals surface area contributed by atoms with Crippen LogP contribution >= 0.6 is 0 Å². The molecule has 144 valence electrons. The fraction of sp³-hybridized carbons (Fsp3) is 0.611. The summed E-state index contributed by atoms with van der Waals surface area (Å²) in [6.45, 7) is 4.09. The van der Waals surface area contributed by atoms with Gasteiger partial charge in [-0.05, 0) is 62.5 Å². The van der Waals surface area contributed by atoms with Crippen LogP contribution in [0.3, 0.4) is 0 Å². The molecule has 2 fully saturated rings. The summed E-state index contributed by atoms with van der Waals surface area (Å²) in [6.07, 6.45) is 3.07. The van der Waals surface area contributed by atoms with Crippen LogP contribution in [-0.2, 0) is 19.5 Å². The van der Waals surface area contributed by atoms with Gasteiger partial charge >= 0.3 is 5.97 Å². The molecule has 0 radical (unpaired) electrons. The molecule has 0 aromatic heterocycles. The van der Waals surface area contributed by atoms with E-state index in [1.165, 1.54) is 31.4 Å². The zero-order valence-corrected chi connectivity index (χ0v) is 15.8. The highest BCUT2D eigenvalue weighted by molar-refractivity contribution is 7.89. The number of methoxy groups -OCH3 is 1. The molecule has 2 heterocycles. The molecule has 1 N–H and O–H groups in total. The van der Waals surface area contributed by atoms with Crippen LogP contribution in [0.1, 0.15) is 29.6 Å². The molecule has 0 unspecified atom stereocenters. The van der Waals surface area contributed by atoms with Gasteiger partial charge in [-0.1, -0.05) is 0 Å². The van der Waals surface area contributed by atoms with Gasteiger partial charge in [-0.2, -0.15) is 0 Å². The number of esters is 1. The van der Waals surface area contributed by atoms with Gasteiger partial charge < -0.3 is 9.47 Å². The van der Waals surface area contributed by atoms with E-state index in [1.807, 2.05) is 0 Å². The van der Waals surface area contributed by atoms with Crippen LogP contribution in [0.15, 0.2) is 29.2 Å². The van der Waals surface area contributed by atoms with Crippen molar-refractivity contribution in [3.05, 3.63) is 29.8 Å². The third-order valence-corrected chi connectivity index (χ3v) is 6.66. The second kappa shape index (κ2) is 8.47. The second-order valence-corrected chi connectivity index (χ2v) is 8.63. The first-order valence-corrected chi connectivity index (χ1v) is 10.5. The smallest absolute Gasteiger partial charge is 0.337 e. The summed E-state index contributed by atoms with van der Waals surface area (Å²) in [5.41, 5.74) is 0.328. The number of ether oxygens (including phenoxy) is 2. The summed E-state index contributed by atoms with van der Waals surface area (Å²) in [4.78, 5) is 14.0. The average molecular weight is 382 g/mol. The topological polar surface area (TPSA) is 84.9 Å². The summed E-state index contributed by atoms with van der Waals surface area (Å²) >= 11 is 0. The van der Waals surface area contributed by atoms with Gasteiger partial charge in [0.1, 0.15) is 0 Å². The molecule has 2 aliphatic rings. The quantitative estimate of drug-likeness (QED) is 0.746. The molecule has 1 aromatic carbocycles. The predicted octanol–water partition coefficient (Wildman–Crippen LogP) is 1.25. The number of nitrogens with one attached hydrogen (secondary N) is 1. The third-order valence-electron chi connectivity index (χ3n) is 5.22. The first-order chi connectivity index (χ1) is 12.5. The maximum absolute atomic E-state index is 12.4. The minimum absolute atomic E-state index is 0.158. The summed E-state index contributed by atoms with van der Waals surface area (Å²) < 4.78 is 37.7. The first kappa shape index (κ1) is 19.3. The minimum atomic E-state index is -3.57. The Morgan fingerprint density at radius 3 is 2.50 bits per heavy atom. The lowest BCUT2D eigenvalue weighted by Gasteiger charge is -2.35. The fourth-order valence-electron chi connectivity index (χ4n) is 3.53. The number of rotatable bonds is 6. The summed E-state index contributed by atoms with van der Waals surface area (Å²) in [6, 6.07) is 6.31. The van der Waals surface area contributed by atoms with Crippen LogP contribution in [0.2, 0.25) is 0 Å². The Labute approximate surface area is 154 Å². The number of likely N-dealkylation sites (tertiary alicyclic amines) is 1. The number of hydrogen-bond donors (Lipinski definition) is 1. The van der Waals surface area contributed by atoms with Crippen molar-refractivity contribution in [2.24, 2.45) is 5.92 Å². The number of carbonyl (C=O) groups is 1. The molecule has 0 bridgehead atoms. The first-order valence-electron chi connectivity index (χ1n) is 8.99. The Morgan fingerprint density at radius 1 is 1.23 bits per heavy atom. The van der Waals surface area contributed by atoms with Crippen molar-refractivity contribution < 1.29 is 22.7 Å². The third kappa shape index (κ3) is 4.62. The lowest BCUT2D eigenvalue weighted by molar-refractivity contribution is 0.0600. The number of hydrogen-bond acceptors (Lipinski definition) is 6. The Bertz CT molecular complexity index is 706. The lowest BCUT2D eigenvalue weighted by atomic mass is 9.96. The van der Waals surface area contributed by atoms with Gasteiger partial charge in [-0.15, -0.1) is 0 Å². The van der Waals surface area contributed by atoms with Crippen molar-refractivity contribution in [3.63, 3.8) is 0 Å². The molecule has 26 heavy (non-hydrogen) atoms. The second-order valence-electron chi connectivity index (χ2n) is 6.86. The van der Waals surface area contributed by atoms with Crippen molar-refractivity contribution in [2.45, 2.75) is 30.2 Å². The molecule has 0 spiro atoms. The highest BCUT2D eigenvalue weighted by Crippen LogP contribution is 2.22. The normalized spacial score (nSPS) is 22.4. The number of nitrogens with zero attached hydrogens (tertiary/aromatic N) is 1. The van der Waals surface area contributed by atoms with Crippen LogP contribution in [0, 0.1) is 5.92 Å². The molecule has 1 atom stereocenters. The Kier molecular flexibility index (Phi) is 6.29. The number of piperidine rings is 1. The van der Waals surface area contributed by atoms with Crippen LogP contribution in [0.5, 0.6) is 0 Å². The van der Waals surface area contributed by atoms with Gasteiger partial charge in [0.15, 0.2) is 0 Å². The van der Waals surface area contributed by atoms with Gasteiger partial charge in [-0.3, -0.25) is 4.90 Å². The van der Waals surface area contributed by atoms with E-state index < -0.39 is 16.0 Å². The molecular formula is C18H26N2O5S. The SMILES string of the molecule is COC(=O)c1ccc(S(=O)(=O)NCC2CCN([C@H]3CCOC3)CC2)cc1. The van der Waals surface area contributed by atoms with Crippen molar-refractivity contribution in [2.75, 3.05) is 40.0 Å². The standard InChI is InChI=1S/C18H26N2O5S/c1-24-18(21)15-2-4-17(5-3-15)26(22,23)19-12-14-6-9-20(10-7-14)16-8-11-25-13-16/h2-5,14,16,19H,6-13H2,1H3/t16-/m0/s1. The van der Waals surface area contributed by atoms with E-state index in [9.17, 15) is 13.2 Å². The molecular weight excluding hydrogens is 356 g/mol. The van der Waals surface area contributed by atoms with Crippen LogP contribution in [0.25, 0.3) is 0 Å². The van der Waals surface area contributed by atoms with Gasteiger partial charge in [0.05, 0.1) is 24.2 Å². The molecule has 0 aliphatic carbocycles. The van der Waals surface area contributed by atoms with E-state index in [0.29, 0.717) is 24.1 Å². The van der Waals surface area contributed by atoms with Gasteiger partial charge in [-0.25, -0.2) is 17.9 Å². The van der Waals surface area contributed by atoms with E-state index in [0.717, 1.165) is 45.6 Å². The molecule has 0 amide bonds. The number of benzene rings is 1. The highest BCUT2D eigenvalue weighted by Gasteiger charge is 2.28. The Hall–Kier alpha value is -1.48. The molecule has 1 aromatic rings. The summed E-state index contributed by atoms with van der Waals surface area (Å²) in [5.74, 6) is -0.140. The van der Waals surface area contributed by atoms with E-state index in [4.69, 9.17) is 4.74 Å². The van der Waals surface area contributed by atoms with Crippen LogP contribution in [-0.4, -0.2) is 65.3 Å². The predicted molar refractivity (Wildman–Crippen MR) is 96.5 cm³/mol. The van der Waals surface area contributed by atoms with Gasteiger partial charge in [0.2, 0.25) is 10.0 Å². The Balaban J connectivity index is 1.50. The van der Waals surface area contributed by atoms with E-state index in [2.05, 4.69) is 14.4 Å². The van der Waals surface area contributed by atoms with Crippen molar-refractivity contribution in [1.29, 1.82) is 0 Å². The average Bonchev–Trinajstić information content (AvgIpc) is 3.21. The highest BCUT2D eigenvalue weighted by atomic mass is 32.2. The minimum Gasteiger partial charge on any atom is -0.465 e. The summed E-state index contributed by atoms with van der Waals surface area (Å²) in [5, 5.41) is 0. The van der Waals surface area contributed by atoms with Gasteiger partial charge in [0.25, 0.3) is 0 Å². The monoisotopic (exact) mass is 382 g/mol. The molecule has 0 saturated carbocycles. The van der Waals surface area contributed by atoms with Crippen LogP contribution in [0.4, 0.5) is 0 Å². The molecule has 3 rings (SSSR count). The zero-order valence-electron chi connectivity index (χ0n) is 15.0. The fourth-order valence-corrected chi connectivity index (χ4v) is 4.65. The lowest BCUT2D eigenvalue weighted by Crippen LogP contribution is -2.43. The van der Waals surface area contributed by atoms with Gasteiger partial charge in [0, 0.05) is 19.2 Å². The summed E-state index contributed by atoms with van der Waals surface area (Å²) in [7, 11) is -2.28. The largest absolute Gasteiger partial charge is 0.465 e. The van der Waals surface area contributed by atoms with Crippen LogP contribution < -0.4 is 4.72 Å². The maximum Gasteiger partial charge on any atom is 0.337 e.